The molecule has 0 unspecified atom stereocenters. The van der Waals surface area contributed by atoms with Gasteiger partial charge in [-0.15, -0.1) is 11.7 Å². The lowest BCUT2D eigenvalue weighted by Crippen LogP contribution is -1.95. The fourth-order valence-electron chi connectivity index (χ4n) is 1.95. The first-order valence-corrected chi connectivity index (χ1v) is 7.07. The second-order valence-corrected chi connectivity index (χ2v) is 5.05. The van der Waals surface area contributed by atoms with Gasteiger partial charge >= 0.3 is 6.09 Å². The molecule has 2 aromatic rings. The van der Waals surface area contributed by atoms with Gasteiger partial charge in [0.05, 0.1) is 12.1 Å². The molecular formula is C14H14BrN3O3. The van der Waals surface area contributed by atoms with Crippen molar-refractivity contribution in [1.82, 2.24) is 4.57 Å². The van der Waals surface area contributed by atoms with Crippen LogP contribution in [0.5, 0.6) is 5.88 Å². The number of ether oxygens (including phenoxy) is 1. The Morgan fingerprint density at radius 3 is 3.00 bits per heavy atom. The summed E-state index contributed by atoms with van der Waals surface area (Å²) in [7, 11) is 0. The van der Waals surface area contributed by atoms with Crippen LogP contribution in [0.15, 0.2) is 45.6 Å². The lowest BCUT2D eigenvalue weighted by molar-refractivity contribution is 0.162. The predicted octanol–water partition coefficient (Wildman–Crippen LogP) is 4.54. The Balaban J connectivity index is 2.56. The molecule has 0 atom stereocenters. The van der Waals surface area contributed by atoms with E-state index in [1.54, 1.807) is 23.6 Å². The standard InChI is InChI=1S/C14H14BrN3O3/c1-3-7-18-11-6-5-9(15)8-10(11)12(13(18)19)16-17-14(20)21-4-2/h3,5-6,8,19H,1,4,7H2,2H3. The number of nitrogens with zero attached hydrogens (tertiary/aromatic N) is 3. The first-order valence-electron chi connectivity index (χ1n) is 6.28. The highest BCUT2D eigenvalue weighted by Crippen LogP contribution is 2.40. The zero-order valence-electron chi connectivity index (χ0n) is 11.4. The summed E-state index contributed by atoms with van der Waals surface area (Å²) in [5.41, 5.74) is 0.995. The van der Waals surface area contributed by atoms with Crippen LogP contribution in [0.3, 0.4) is 0 Å². The molecule has 0 aliphatic rings. The van der Waals surface area contributed by atoms with Gasteiger partial charge in [-0.05, 0) is 25.1 Å². The molecule has 0 fully saturated rings. The molecule has 7 heteroatoms. The van der Waals surface area contributed by atoms with Crippen LogP contribution in [0.2, 0.25) is 0 Å². The van der Waals surface area contributed by atoms with E-state index >= 15 is 0 Å². The van der Waals surface area contributed by atoms with Crippen LogP contribution in [0.25, 0.3) is 10.9 Å². The van der Waals surface area contributed by atoms with Gasteiger partial charge < -0.3 is 14.4 Å². The Labute approximate surface area is 129 Å². The number of hydrogen-bond donors (Lipinski definition) is 1. The second kappa shape index (κ2) is 6.53. The molecule has 1 N–H and O–H groups in total. The highest BCUT2D eigenvalue weighted by molar-refractivity contribution is 9.10. The van der Waals surface area contributed by atoms with Crippen LogP contribution >= 0.6 is 15.9 Å². The number of allylic oxidation sites excluding steroid dienone is 1. The zero-order chi connectivity index (χ0) is 15.4. The van der Waals surface area contributed by atoms with Crippen LogP contribution in [-0.2, 0) is 11.3 Å². The van der Waals surface area contributed by atoms with Gasteiger partial charge in [0.2, 0.25) is 5.88 Å². The van der Waals surface area contributed by atoms with Crippen LogP contribution in [-0.4, -0.2) is 22.4 Å². The Hall–Kier alpha value is -2.15. The lowest BCUT2D eigenvalue weighted by atomic mass is 10.2. The molecule has 0 aliphatic carbocycles. The number of aromatic hydroxyl groups is 1. The molecular weight excluding hydrogens is 338 g/mol. The number of carbonyl (C=O) groups excluding carboxylic acids is 1. The number of amides is 1. The third-order valence-corrected chi connectivity index (χ3v) is 3.28. The molecule has 1 amide bonds. The summed E-state index contributed by atoms with van der Waals surface area (Å²) < 4.78 is 7.15. The monoisotopic (exact) mass is 351 g/mol. The molecule has 21 heavy (non-hydrogen) atoms. The molecule has 2 rings (SSSR count). The van der Waals surface area contributed by atoms with Crippen molar-refractivity contribution in [2.75, 3.05) is 6.61 Å². The molecule has 0 bridgehead atoms. The largest absolute Gasteiger partial charge is 0.493 e. The summed E-state index contributed by atoms with van der Waals surface area (Å²) in [6.45, 7) is 5.97. The van der Waals surface area contributed by atoms with E-state index in [1.165, 1.54) is 0 Å². The van der Waals surface area contributed by atoms with E-state index in [0.717, 1.165) is 9.99 Å². The molecule has 0 spiro atoms. The van der Waals surface area contributed by atoms with Crippen molar-refractivity contribution in [3.63, 3.8) is 0 Å². The van der Waals surface area contributed by atoms with Crippen LogP contribution in [0, 0.1) is 0 Å². The van der Waals surface area contributed by atoms with Crippen molar-refractivity contribution >= 4 is 38.6 Å². The number of rotatable bonds is 4. The van der Waals surface area contributed by atoms with Crippen molar-refractivity contribution in [2.24, 2.45) is 10.2 Å². The average molecular weight is 352 g/mol. The van der Waals surface area contributed by atoms with Gasteiger partial charge in [0, 0.05) is 16.4 Å². The first kappa shape index (κ1) is 15.2. The summed E-state index contributed by atoms with van der Waals surface area (Å²) >= 11 is 3.37. The summed E-state index contributed by atoms with van der Waals surface area (Å²) in [6, 6.07) is 5.49. The Kier molecular flexibility index (Phi) is 4.74. The number of benzene rings is 1. The Bertz CT molecular complexity index is 722. The minimum absolute atomic E-state index is 0.0731. The Morgan fingerprint density at radius 2 is 2.33 bits per heavy atom. The summed E-state index contributed by atoms with van der Waals surface area (Å²) in [5.74, 6) is -0.0731. The van der Waals surface area contributed by atoms with E-state index in [0.29, 0.717) is 11.9 Å². The third kappa shape index (κ3) is 3.13. The molecule has 0 radical (unpaired) electrons. The van der Waals surface area contributed by atoms with E-state index in [4.69, 9.17) is 0 Å². The lowest BCUT2D eigenvalue weighted by Gasteiger charge is -2.02. The van der Waals surface area contributed by atoms with Crippen LogP contribution in [0.4, 0.5) is 10.5 Å². The van der Waals surface area contributed by atoms with Gasteiger partial charge in [-0.3, -0.25) is 0 Å². The van der Waals surface area contributed by atoms with E-state index in [2.05, 4.69) is 37.5 Å². The molecule has 1 heterocycles. The molecule has 0 saturated heterocycles. The van der Waals surface area contributed by atoms with Gasteiger partial charge in [0.1, 0.15) is 0 Å². The predicted molar refractivity (Wildman–Crippen MR) is 83.0 cm³/mol. The number of carbonyl (C=O) groups is 1. The molecule has 110 valence electrons. The number of azo groups is 1. The molecule has 6 nitrogen and oxygen atoms in total. The number of halogens is 1. The fourth-order valence-corrected chi connectivity index (χ4v) is 2.31. The summed E-state index contributed by atoms with van der Waals surface area (Å²) in [6.07, 6.45) is 0.865. The molecule has 0 saturated carbocycles. The minimum atomic E-state index is -0.795. The van der Waals surface area contributed by atoms with Gasteiger partial charge in [-0.2, -0.15) is 0 Å². The fraction of sp³-hybridized carbons (Fsp3) is 0.214. The van der Waals surface area contributed by atoms with Crippen molar-refractivity contribution in [3.05, 3.63) is 35.3 Å². The van der Waals surface area contributed by atoms with Gasteiger partial charge in [-0.25, -0.2) is 4.79 Å². The zero-order valence-corrected chi connectivity index (χ0v) is 13.0. The van der Waals surface area contributed by atoms with Crippen molar-refractivity contribution in [1.29, 1.82) is 0 Å². The second-order valence-electron chi connectivity index (χ2n) is 4.13. The third-order valence-electron chi connectivity index (χ3n) is 2.78. The summed E-state index contributed by atoms with van der Waals surface area (Å²) in [5, 5.41) is 18.2. The maximum absolute atomic E-state index is 11.3. The number of aromatic nitrogens is 1. The topological polar surface area (TPSA) is 76.2 Å². The van der Waals surface area contributed by atoms with Gasteiger partial charge in [0.25, 0.3) is 0 Å². The van der Waals surface area contributed by atoms with Crippen LogP contribution in [0.1, 0.15) is 6.92 Å². The maximum Gasteiger partial charge on any atom is 0.452 e. The van der Waals surface area contributed by atoms with E-state index in [9.17, 15) is 9.90 Å². The number of fused-ring (bicyclic) bond motifs is 1. The number of hydrogen-bond acceptors (Lipinski definition) is 4. The van der Waals surface area contributed by atoms with Crippen LogP contribution < -0.4 is 0 Å². The SMILES string of the molecule is C=CCn1c(O)c(N=NC(=O)OCC)c2cc(Br)ccc21. The van der Waals surface area contributed by atoms with Gasteiger partial charge in [-0.1, -0.05) is 27.1 Å². The Morgan fingerprint density at radius 1 is 1.57 bits per heavy atom. The van der Waals surface area contributed by atoms with Crippen molar-refractivity contribution in [3.8, 4) is 5.88 Å². The van der Waals surface area contributed by atoms with Gasteiger partial charge in [0.15, 0.2) is 5.69 Å². The normalized spacial score (nSPS) is 11.1. The van der Waals surface area contributed by atoms with Crippen molar-refractivity contribution in [2.45, 2.75) is 13.5 Å². The first-order chi connectivity index (χ1) is 10.1. The highest BCUT2D eigenvalue weighted by atomic mass is 79.9. The molecule has 0 aliphatic heterocycles. The molecule has 1 aromatic carbocycles. The van der Waals surface area contributed by atoms with Crippen molar-refractivity contribution < 1.29 is 14.6 Å². The minimum Gasteiger partial charge on any atom is -0.493 e. The van der Waals surface area contributed by atoms with E-state index in [1.807, 2.05) is 12.1 Å². The molecule has 1 aromatic heterocycles. The maximum atomic E-state index is 11.3. The smallest absolute Gasteiger partial charge is 0.452 e. The average Bonchev–Trinajstić information content (AvgIpc) is 2.70. The van der Waals surface area contributed by atoms with E-state index < -0.39 is 6.09 Å². The highest BCUT2D eigenvalue weighted by Gasteiger charge is 2.16. The van der Waals surface area contributed by atoms with E-state index in [-0.39, 0.29) is 18.2 Å². The quantitative estimate of drug-likeness (QED) is 0.648. The summed E-state index contributed by atoms with van der Waals surface area (Å²) in [4.78, 5) is 11.3.